The number of sulfonamides is 1. The summed E-state index contributed by atoms with van der Waals surface area (Å²) in [4.78, 5) is 22.0. The first-order chi connectivity index (χ1) is 8.35. The largest absolute Gasteiger partial charge is 0.480 e. The zero-order valence-corrected chi connectivity index (χ0v) is 11.3. The highest BCUT2D eigenvalue weighted by Crippen LogP contribution is 2.11. The maximum Gasteiger partial charge on any atom is 0.350 e. The van der Waals surface area contributed by atoms with E-state index in [-0.39, 0.29) is 0 Å². The highest BCUT2D eigenvalue weighted by molar-refractivity contribution is 7.89. The number of carboxylic acid groups (broad SMARTS) is 1. The number of alkyl halides is 2. The van der Waals surface area contributed by atoms with Gasteiger partial charge >= 0.3 is 17.7 Å². The van der Waals surface area contributed by atoms with Gasteiger partial charge in [0.1, 0.15) is 11.6 Å². The van der Waals surface area contributed by atoms with Crippen LogP contribution in [0.5, 0.6) is 0 Å². The maximum atomic E-state index is 12.1. The van der Waals surface area contributed by atoms with Crippen LogP contribution in [0.25, 0.3) is 0 Å². The number of aliphatic carboxylic acids is 1. The summed E-state index contributed by atoms with van der Waals surface area (Å²) in [6.45, 7) is 4.55. The molecule has 0 unspecified atom stereocenters. The number of hydrogen-bond acceptors (Lipinski definition) is 5. The molecule has 19 heavy (non-hydrogen) atoms. The molecule has 0 aliphatic heterocycles. The third-order valence-corrected chi connectivity index (χ3v) is 2.71. The maximum absolute atomic E-state index is 12.1. The lowest BCUT2D eigenvalue weighted by atomic mass is 10.2. The van der Waals surface area contributed by atoms with Crippen LogP contribution in [0.15, 0.2) is 0 Å². The van der Waals surface area contributed by atoms with Crippen LogP contribution in [0.4, 0.5) is 8.78 Å². The zero-order valence-electron chi connectivity index (χ0n) is 10.5. The van der Waals surface area contributed by atoms with E-state index >= 15 is 0 Å². The minimum absolute atomic E-state index is 0.890. The highest BCUT2D eigenvalue weighted by atomic mass is 32.2. The number of halogens is 2. The number of rotatable bonds is 6. The highest BCUT2D eigenvalue weighted by Gasteiger charge is 2.33. The Morgan fingerprint density at radius 2 is 1.79 bits per heavy atom. The number of carboxylic acids is 1. The van der Waals surface area contributed by atoms with Gasteiger partial charge in [-0.25, -0.2) is 8.42 Å². The summed E-state index contributed by atoms with van der Waals surface area (Å²) in [5.74, 6) is -6.56. The van der Waals surface area contributed by atoms with Gasteiger partial charge in [-0.15, -0.1) is 0 Å². The van der Waals surface area contributed by atoms with Gasteiger partial charge in [0.25, 0.3) is 10.0 Å². The van der Waals surface area contributed by atoms with Crippen LogP contribution in [0.3, 0.4) is 0 Å². The number of carbonyl (C=O) groups excluding carboxylic acids is 1. The van der Waals surface area contributed by atoms with E-state index in [2.05, 4.69) is 0 Å². The molecule has 0 aliphatic rings. The van der Waals surface area contributed by atoms with Crippen molar-refractivity contribution >= 4 is 22.0 Å². The van der Waals surface area contributed by atoms with E-state index in [4.69, 9.17) is 9.84 Å². The van der Waals surface area contributed by atoms with E-state index in [0.29, 0.717) is 0 Å². The molecule has 0 aromatic carbocycles. The van der Waals surface area contributed by atoms with E-state index in [1.165, 1.54) is 25.5 Å². The molecule has 112 valence electrons. The molecule has 0 amide bonds. The first-order valence-electron chi connectivity index (χ1n) is 5.09. The lowest BCUT2D eigenvalue weighted by Crippen LogP contribution is -2.45. The minimum atomic E-state index is -5.10. The van der Waals surface area contributed by atoms with Crippen molar-refractivity contribution in [2.75, 3.05) is 0 Å². The van der Waals surface area contributed by atoms with Crippen molar-refractivity contribution in [1.29, 1.82) is 0 Å². The minimum Gasteiger partial charge on any atom is -0.480 e. The lowest BCUT2D eigenvalue weighted by molar-refractivity contribution is -0.158. The Labute approximate surface area is 109 Å². The second kappa shape index (κ2) is 6.24. The van der Waals surface area contributed by atoms with Crippen molar-refractivity contribution in [3.63, 3.8) is 0 Å². The number of esters is 1. The molecule has 0 rings (SSSR count). The van der Waals surface area contributed by atoms with Gasteiger partial charge in [-0.05, 0) is 20.8 Å². The molecule has 7 nitrogen and oxygen atoms in total. The molecule has 0 spiro atoms. The second-order valence-corrected chi connectivity index (χ2v) is 6.29. The standard InChI is InChI=1S/C9H15F2NO6S/c1-9(2,3)18-6(13)4-5(7(14)15)12-19(16,17)8(10)11/h5,8,12H,4H2,1-3H3,(H,14,15)/t5-/m0/s1. The van der Waals surface area contributed by atoms with Crippen LogP contribution in [-0.2, 0) is 24.3 Å². The van der Waals surface area contributed by atoms with Gasteiger partial charge in [-0.1, -0.05) is 0 Å². The summed E-state index contributed by atoms with van der Waals surface area (Å²) in [6, 6.07) is -2.01. The van der Waals surface area contributed by atoms with Gasteiger partial charge < -0.3 is 9.84 Å². The molecule has 0 aliphatic carbocycles. The Bertz CT molecular complexity index is 442. The second-order valence-electron chi connectivity index (χ2n) is 4.60. The van der Waals surface area contributed by atoms with Crippen LogP contribution >= 0.6 is 0 Å². The molecule has 10 heteroatoms. The Hall–Kier alpha value is -1.29. The number of nitrogens with one attached hydrogen (secondary N) is 1. The van der Waals surface area contributed by atoms with Crippen molar-refractivity contribution in [1.82, 2.24) is 4.72 Å². The average molecular weight is 303 g/mol. The smallest absolute Gasteiger partial charge is 0.350 e. The lowest BCUT2D eigenvalue weighted by Gasteiger charge is -2.21. The van der Waals surface area contributed by atoms with Gasteiger partial charge in [0.15, 0.2) is 0 Å². The Balaban J connectivity index is 4.79. The fourth-order valence-corrected chi connectivity index (χ4v) is 1.66. The quantitative estimate of drug-likeness (QED) is 0.684. The van der Waals surface area contributed by atoms with Gasteiger partial charge in [-0.3, -0.25) is 9.59 Å². The zero-order chi connectivity index (χ0) is 15.4. The van der Waals surface area contributed by atoms with Crippen molar-refractivity contribution < 1.29 is 36.6 Å². The first kappa shape index (κ1) is 17.7. The molecule has 0 aromatic heterocycles. The number of ether oxygens (including phenoxy) is 1. The molecule has 0 saturated carbocycles. The van der Waals surface area contributed by atoms with Crippen LogP contribution in [-0.4, -0.2) is 42.9 Å². The van der Waals surface area contributed by atoms with E-state index in [9.17, 15) is 26.8 Å². The summed E-state index contributed by atoms with van der Waals surface area (Å²) in [5, 5.41) is 8.69. The van der Waals surface area contributed by atoms with Crippen molar-refractivity contribution in [3.8, 4) is 0 Å². The normalized spacial score (nSPS) is 14.2. The van der Waals surface area contributed by atoms with Gasteiger partial charge in [0.05, 0.1) is 6.42 Å². The number of carbonyl (C=O) groups is 2. The third kappa shape index (κ3) is 7.01. The van der Waals surface area contributed by atoms with Crippen molar-refractivity contribution in [2.45, 2.75) is 44.6 Å². The molecule has 0 fully saturated rings. The summed E-state index contributed by atoms with van der Waals surface area (Å²) < 4.78 is 51.8. The molecule has 0 aromatic rings. The Morgan fingerprint density at radius 3 is 2.11 bits per heavy atom. The molecule has 0 heterocycles. The summed E-state index contributed by atoms with van der Waals surface area (Å²) in [7, 11) is -5.10. The summed E-state index contributed by atoms with van der Waals surface area (Å²) in [6.07, 6.45) is -0.890. The van der Waals surface area contributed by atoms with Crippen LogP contribution in [0.1, 0.15) is 27.2 Å². The summed E-state index contributed by atoms with van der Waals surface area (Å²) >= 11 is 0. The molecule has 0 saturated heterocycles. The summed E-state index contributed by atoms with van der Waals surface area (Å²) in [5.41, 5.74) is -0.901. The predicted molar refractivity (Wildman–Crippen MR) is 59.9 cm³/mol. The average Bonchev–Trinajstić information content (AvgIpc) is 2.12. The topological polar surface area (TPSA) is 110 Å². The number of hydrogen-bond donors (Lipinski definition) is 2. The van der Waals surface area contributed by atoms with Gasteiger partial charge in [0.2, 0.25) is 0 Å². The molecule has 2 N–H and O–H groups in total. The van der Waals surface area contributed by atoms with Crippen LogP contribution in [0.2, 0.25) is 0 Å². The fraction of sp³-hybridized carbons (Fsp3) is 0.778. The van der Waals surface area contributed by atoms with E-state index in [0.717, 1.165) is 0 Å². The van der Waals surface area contributed by atoms with Crippen molar-refractivity contribution in [2.24, 2.45) is 0 Å². The molecule has 1 atom stereocenters. The van der Waals surface area contributed by atoms with E-state index in [1.54, 1.807) is 0 Å². The first-order valence-corrected chi connectivity index (χ1v) is 6.64. The monoisotopic (exact) mass is 303 g/mol. The van der Waals surface area contributed by atoms with Crippen LogP contribution < -0.4 is 4.72 Å². The molecular formula is C9H15F2NO6S. The third-order valence-electron chi connectivity index (χ3n) is 1.63. The molecule has 0 radical (unpaired) electrons. The Kier molecular flexibility index (Phi) is 5.82. The molecular weight excluding hydrogens is 288 g/mol. The van der Waals surface area contributed by atoms with Crippen LogP contribution in [0, 0.1) is 0 Å². The predicted octanol–water partition coefficient (Wildman–Crippen LogP) is 0.313. The SMILES string of the molecule is CC(C)(C)OC(=O)C[C@H](NS(=O)(=O)C(F)F)C(=O)O. The van der Waals surface area contributed by atoms with E-state index < -0.39 is 45.8 Å². The Morgan fingerprint density at radius 1 is 1.32 bits per heavy atom. The molecule has 0 bridgehead atoms. The van der Waals surface area contributed by atoms with Crippen molar-refractivity contribution in [3.05, 3.63) is 0 Å². The van der Waals surface area contributed by atoms with E-state index in [1.807, 2.05) is 0 Å². The van der Waals surface area contributed by atoms with Gasteiger partial charge in [0, 0.05) is 0 Å². The fourth-order valence-electron chi connectivity index (χ4n) is 0.979. The van der Waals surface area contributed by atoms with Gasteiger partial charge in [-0.2, -0.15) is 13.5 Å².